The van der Waals surface area contributed by atoms with Gasteiger partial charge in [-0.2, -0.15) is 0 Å². The van der Waals surface area contributed by atoms with Crippen LogP contribution in [0.4, 0.5) is 22.7 Å². The molecule has 0 fully saturated rings. The van der Waals surface area contributed by atoms with Crippen molar-refractivity contribution in [2.45, 2.75) is 0 Å². The Bertz CT molecular complexity index is 2100. The van der Waals surface area contributed by atoms with Crippen LogP contribution in [0.25, 0.3) is 0 Å². The molecule has 0 spiro atoms. The third-order valence-corrected chi connectivity index (χ3v) is 7.90. The van der Waals surface area contributed by atoms with Crippen LogP contribution < -0.4 is 29.9 Å². The lowest BCUT2D eigenvalue weighted by Gasteiger charge is -2.14. The SMILES string of the molecule is O=C(Nc1ccc(Oc2cccc(Oc3ccc(NC(=O)c4ccc(N5C(=O)C=CC5=O)cc4)cc3)c2)cc1)c1ccc(N2C(=O)C=CC2=O)cc1. The molecule has 0 aromatic heterocycles. The second-order valence-corrected chi connectivity index (χ2v) is 11.4. The van der Waals surface area contributed by atoms with Crippen molar-refractivity contribution in [1.82, 2.24) is 0 Å². The van der Waals surface area contributed by atoms with Crippen LogP contribution in [0.5, 0.6) is 23.0 Å². The van der Waals surface area contributed by atoms with Crippen LogP contribution in [0.2, 0.25) is 0 Å². The number of ether oxygens (including phenoxy) is 2. The maximum absolute atomic E-state index is 12.8. The van der Waals surface area contributed by atoms with Crippen molar-refractivity contribution in [1.29, 1.82) is 0 Å². The van der Waals surface area contributed by atoms with Crippen LogP contribution in [-0.4, -0.2) is 35.4 Å². The molecule has 5 aromatic carbocycles. The van der Waals surface area contributed by atoms with E-state index in [1.807, 2.05) is 0 Å². The molecular weight excluding hydrogens is 664 g/mol. The highest BCUT2D eigenvalue weighted by molar-refractivity contribution is 6.29. The summed E-state index contributed by atoms with van der Waals surface area (Å²) in [5, 5.41) is 5.62. The molecule has 0 saturated carbocycles. The van der Waals surface area contributed by atoms with E-state index in [1.54, 1.807) is 72.8 Å². The first-order valence-electron chi connectivity index (χ1n) is 15.8. The lowest BCUT2D eigenvalue weighted by atomic mass is 10.1. The van der Waals surface area contributed by atoms with Gasteiger partial charge in [0.15, 0.2) is 0 Å². The molecule has 5 aromatic rings. The van der Waals surface area contributed by atoms with Crippen LogP contribution in [0.3, 0.4) is 0 Å². The number of benzene rings is 5. The molecule has 12 heteroatoms. The van der Waals surface area contributed by atoms with Gasteiger partial charge in [0.2, 0.25) is 0 Å². The van der Waals surface area contributed by atoms with E-state index in [1.165, 1.54) is 72.8 Å². The first-order valence-corrected chi connectivity index (χ1v) is 15.8. The molecule has 0 unspecified atom stereocenters. The highest BCUT2D eigenvalue weighted by Crippen LogP contribution is 2.30. The van der Waals surface area contributed by atoms with Crippen molar-refractivity contribution in [2.75, 3.05) is 20.4 Å². The minimum absolute atomic E-state index is 0.352. The molecule has 2 heterocycles. The predicted molar refractivity (Wildman–Crippen MR) is 192 cm³/mol. The molecular formula is C40H26N4O8. The third-order valence-electron chi connectivity index (χ3n) is 7.90. The Morgan fingerprint density at radius 3 is 1.12 bits per heavy atom. The monoisotopic (exact) mass is 690 g/mol. The minimum atomic E-state index is -0.433. The third kappa shape index (κ3) is 7.21. The fourth-order valence-corrected chi connectivity index (χ4v) is 5.33. The van der Waals surface area contributed by atoms with Gasteiger partial charge >= 0.3 is 0 Å². The molecule has 0 atom stereocenters. The van der Waals surface area contributed by atoms with Crippen molar-refractivity contribution in [3.63, 3.8) is 0 Å². The molecule has 12 nitrogen and oxygen atoms in total. The number of imide groups is 2. The van der Waals surface area contributed by atoms with Gasteiger partial charge in [0.05, 0.1) is 11.4 Å². The van der Waals surface area contributed by atoms with Crippen LogP contribution in [-0.2, 0) is 19.2 Å². The van der Waals surface area contributed by atoms with Crippen LogP contribution in [0.1, 0.15) is 20.7 Å². The van der Waals surface area contributed by atoms with Crippen molar-refractivity contribution < 1.29 is 38.2 Å². The summed E-state index contributed by atoms with van der Waals surface area (Å²) in [6.45, 7) is 0. The Kier molecular flexibility index (Phi) is 8.92. The van der Waals surface area contributed by atoms with E-state index in [0.29, 0.717) is 56.9 Å². The maximum atomic E-state index is 12.8. The topological polar surface area (TPSA) is 151 Å². The molecule has 6 amide bonds. The highest BCUT2D eigenvalue weighted by atomic mass is 16.5. The van der Waals surface area contributed by atoms with Crippen molar-refractivity contribution >= 4 is 58.2 Å². The van der Waals surface area contributed by atoms with E-state index in [4.69, 9.17) is 9.47 Å². The molecule has 7 rings (SSSR count). The van der Waals surface area contributed by atoms with Gasteiger partial charge in [-0.05, 0) is 109 Å². The summed E-state index contributed by atoms with van der Waals surface area (Å²) in [4.78, 5) is 75.2. The molecule has 0 radical (unpaired) electrons. The molecule has 2 aliphatic rings. The van der Waals surface area contributed by atoms with Gasteiger partial charge in [0.1, 0.15) is 23.0 Å². The number of rotatable bonds is 10. The number of hydrogen-bond acceptors (Lipinski definition) is 8. The molecule has 52 heavy (non-hydrogen) atoms. The Morgan fingerprint density at radius 1 is 0.423 bits per heavy atom. The first kappa shape index (κ1) is 32.9. The predicted octanol–water partition coefficient (Wildman–Crippen LogP) is 6.63. The fourth-order valence-electron chi connectivity index (χ4n) is 5.33. The van der Waals surface area contributed by atoms with Crippen LogP contribution >= 0.6 is 0 Å². The fraction of sp³-hybridized carbons (Fsp3) is 0. The smallest absolute Gasteiger partial charge is 0.258 e. The van der Waals surface area contributed by atoms with Gasteiger partial charge < -0.3 is 20.1 Å². The van der Waals surface area contributed by atoms with Gasteiger partial charge in [-0.3, -0.25) is 28.8 Å². The van der Waals surface area contributed by atoms with Crippen molar-refractivity contribution in [2.24, 2.45) is 0 Å². The second-order valence-electron chi connectivity index (χ2n) is 11.4. The molecule has 2 aliphatic heterocycles. The number of amides is 6. The van der Waals surface area contributed by atoms with Crippen molar-refractivity contribution in [3.8, 4) is 23.0 Å². The summed E-state index contributed by atoms with van der Waals surface area (Å²) in [6.07, 6.45) is 4.79. The van der Waals surface area contributed by atoms with E-state index in [9.17, 15) is 28.8 Å². The van der Waals surface area contributed by atoms with Crippen LogP contribution in [0, 0.1) is 0 Å². The standard InChI is InChI=1S/C40H26N4O8/c45-35-20-21-36(46)43(35)29-12-4-25(5-13-29)39(49)41-27-8-16-31(17-9-27)51-33-2-1-3-34(24-33)52-32-18-10-28(11-19-32)42-40(50)26-6-14-30(15-7-26)44-37(47)22-23-38(44)48/h1-24H,(H,41,49)(H,42,50). The summed E-state index contributed by atoms with van der Waals surface area (Å²) < 4.78 is 12.0. The van der Waals surface area contributed by atoms with Gasteiger partial charge in [-0.25, -0.2) is 9.80 Å². The lowest BCUT2D eigenvalue weighted by Crippen LogP contribution is -2.29. The van der Waals surface area contributed by atoms with Gasteiger partial charge in [-0.1, -0.05) is 6.07 Å². The quantitative estimate of drug-likeness (QED) is 0.155. The lowest BCUT2D eigenvalue weighted by molar-refractivity contribution is -0.121. The average Bonchev–Trinajstić information content (AvgIpc) is 3.68. The number of nitrogens with one attached hydrogen (secondary N) is 2. The van der Waals surface area contributed by atoms with E-state index < -0.39 is 23.6 Å². The highest BCUT2D eigenvalue weighted by Gasteiger charge is 2.26. The van der Waals surface area contributed by atoms with E-state index in [-0.39, 0.29) is 11.8 Å². The Labute approximate surface area is 296 Å². The van der Waals surface area contributed by atoms with Crippen LogP contribution in [0.15, 0.2) is 146 Å². The summed E-state index contributed by atoms with van der Waals surface area (Å²) in [7, 11) is 0. The molecule has 0 bridgehead atoms. The second kappa shape index (κ2) is 14.1. The van der Waals surface area contributed by atoms with Crippen molar-refractivity contribution in [3.05, 3.63) is 157 Å². The zero-order chi connectivity index (χ0) is 36.2. The molecule has 2 N–H and O–H groups in total. The Balaban J connectivity index is 0.906. The van der Waals surface area contributed by atoms with Gasteiger partial charge in [0.25, 0.3) is 35.4 Å². The number of hydrogen-bond donors (Lipinski definition) is 2. The van der Waals surface area contributed by atoms with E-state index in [0.717, 1.165) is 9.80 Å². The van der Waals surface area contributed by atoms with E-state index in [2.05, 4.69) is 10.6 Å². The summed E-state index contributed by atoms with van der Waals surface area (Å²) in [5.41, 5.74) is 2.54. The first-order chi connectivity index (χ1) is 25.2. The molecule has 254 valence electrons. The summed E-state index contributed by atoms with van der Waals surface area (Å²) in [6, 6.07) is 33.0. The summed E-state index contributed by atoms with van der Waals surface area (Å²) >= 11 is 0. The number of carbonyl (C=O) groups is 6. The zero-order valence-corrected chi connectivity index (χ0v) is 27.0. The average molecular weight is 691 g/mol. The number of nitrogens with zero attached hydrogens (tertiary/aromatic N) is 2. The Hall–Kier alpha value is -7.60. The van der Waals surface area contributed by atoms with E-state index >= 15 is 0 Å². The number of carbonyl (C=O) groups excluding carboxylic acids is 6. The molecule has 0 saturated heterocycles. The maximum Gasteiger partial charge on any atom is 0.258 e. The minimum Gasteiger partial charge on any atom is -0.457 e. The zero-order valence-electron chi connectivity index (χ0n) is 27.0. The summed E-state index contributed by atoms with van der Waals surface area (Å²) in [5.74, 6) is -0.370. The largest absolute Gasteiger partial charge is 0.457 e. The molecule has 0 aliphatic carbocycles. The normalized spacial score (nSPS) is 13.5. The number of anilines is 4. The van der Waals surface area contributed by atoms with Gasteiger partial charge in [0, 0.05) is 52.9 Å². The van der Waals surface area contributed by atoms with Gasteiger partial charge in [-0.15, -0.1) is 0 Å². The Morgan fingerprint density at radius 2 is 0.769 bits per heavy atom.